The Hall–Kier alpha value is -1.70. The van der Waals surface area contributed by atoms with Gasteiger partial charge in [0.05, 0.1) is 15.9 Å². The fourth-order valence-corrected chi connectivity index (χ4v) is 2.17. The first kappa shape index (κ1) is 15.7. The molecule has 114 valence electrons. The van der Waals surface area contributed by atoms with E-state index in [1.807, 2.05) is 13.0 Å². The van der Waals surface area contributed by atoms with Gasteiger partial charge in [-0.15, -0.1) is 13.2 Å². The highest BCUT2D eigenvalue weighted by Crippen LogP contribution is 2.33. The van der Waals surface area contributed by atoms with E-state index in [0.29, 0.717) is 5.75 Å². The zero-order valence-corrected chi connectivity index (χ0v) is 12.8. The maximum Gasteiger partial charge on any atom is 0.573 e. The minimum absolute atomic E-state index is 0.165. The van der Waals surface area contributed by atoms with E-state index in [0.717, 1.165) is 11.4 Å². The predicted octanol–water partition coefficient (Wildman–Crippen LogP) is 3.97. The van der Waals surface area contributed by atoms with Gasteiger partial charge in [0.15, 0.2) is 0 Å². The number of hydrogen-bond donors (Lipinski definition) is 0. The summed E-state index contributed by atoms with van der Waals surface area (Å²) in [4.78, 5) is 0. The minimum atomic E-state index is -4.73. The van der Waals surface area contributed by atoms with Crippen molar-refractivity contribution in [3.8, 4) is 11.5 Å². The van der Waals surface area contributed by atoms with Crippen LogP contribution in [0.1, 0.15) is 11.4 Å². The van der Waals surface area contributed by atoms with E-state index in [4.69, 9.17) is 4.74 Å². The summed E-state index contributed by atoms with van der Waals surface area (Å²) >= 11 is 3.02. The van der Waals surface area contributed by atoms with Gasteiger partial charge < -0.3 is 9.47 Å². The van der Waals surface area contributed by atoms with Crippen LogP contribution in [0.15, 0.2) is 28.7 Å². The quantitative estimate of drug-likeness (QED) is 0.823. The number of alkyl halides is 3. The van der Waals surface area contributed by atoms with Crippen molar-refractivity contribution in [2.24, 2.45) is 7.05 Å². The van der Waals surface area contributed by atoms with Crippen molar-refractivity contribution in [1.29, 1.82) is 0 Å². The Bertz CT molecular complexity index is 641. The molecule has 8 heteroatoms. The Balaban J connectivity index is 2.05. The molecular formula is C13H12BrF3N2O2. The molecule has 0 saturated heterocycles. The van der Waals surface area contributed by atoms with Crippen molar-refractivity contribution in [2.75, 3.05) is 0 Å². The third kappa shape index (κ3) is 4.38. The molecule has 0 aliphatic rings. The Kier molecular flexibility index (Phi) is 4.46. The third-order valence-electron chi connectivity index (χ3n) is 2.61. The van der Waals surface area contributed by atoms with Crippen LogP contribution in [-0.2, 0) is 13.7 Å². The number of benzene rings is 1. The standard InChI is InChI=1S/C13H12BrF3N2O2/c1-8-5-9(19(2)18-8)7-20-10-3-4-12(11(14)6-10)21-13(15,16)17/h3-6H,7H2,1-2H3. The van der Waals surface area contributed by atoms with E-state index in [9.17, 15) is 13.2 Å². The van der Waals surface area contributed by atoms with Crippen LogP contribution in [-0.4, -0.2) is 16.1 Å². The number of halogens is 4. The molecule has 4 nitrogen and oxygen atoms in total. The zero-order valence-electron chi connectivity index (χ0n) is 11.2. The summed E-state index contributed by atoms with van der Waals surface area (Å²) in [5, 5.41) is 4.18. The molecule has 0 aliphatic heterocycles. The Labute approximate surface area is 127 Å². The molecule has 0 bridgehead atoms. The highest BCUT2D eigenvalue weighted by Gasteiger charge is 2.32. The molecule has 0 fully saturated rings. The van der Waals surface area contributed by atoms with Gasteiger partial charge >= 0.3 is 6.36 Å². The van der Waals surface area contributed by atoms with Crippen LogP contribution in [0, 0.1) is 6.92 Å². The molecule has 1 heterocycles. The second kappa shape index (κ2) is 5.97. The molecule has 1 aromatic heterocycles. The van der Waals surface area contributed by atoms with E-state index in [2.05, 4.69) is 25.8 Å². The van der Waals surface area contributed by atoms with Gasteiger partial charge in [-0.2, -0.15) is 5.10 Å². The number of aryl methyl sites for hydroxylation is 2. The first-order chi connectivity index (χ1) is 9.74. The average molecular weight is 365 g/mol. The maximum absolute atomic E-state index is 12.2. The molecule has 0 radical (unpaired) electrons. The third-order valence-corrected chi connectivity index (χ3v) is 3.23. The summed E-state index contributed by atoms with van der Waals surface area (Å²) in [6.07, 6.45) is -4.73. The van der Waals surface area contributed by atoms with E-state index in [1.54, 1.807) is 11.7 Å². The van der Waals surface area contributed by atoms with Gasteiger partial charge in [0.2, 0.25) is 0 Å². The van der Waals surface area contributed by atoms with E-state index >= 15 is 0 Å². The van der Waals surface area contributed by atoms with E-state index in [1.165, 1.54) is 18.2 Å². The van der Waals surface area contributed by atoms with Crippen LogP contribution in [0.5, 0.6) is 11.5 Å². The molecule has 0 aliphatic carbocycles. The fraction of sp³-hybridized carbons (Fsp3) is 0.308. The van der Waals surface area contributed by atoms with Gasteiger partial charge in [-0.05, 0) is 47.1 Å². The number of ether oxygens (including phenoxy) is 2. The van der Waals surface area contributed by atoms with Crippen LogP contribution >= 0.6 is 15.9 Å². The Morgan fingerprint density at radius 3 is 2.52 bits per heavy atom. The number of nitrogens with zero attached hydrogens (tertiary/aromatic N) is 2. The van der Waals surface area contributed by atoms with E-state index < -0.39 is 6.36 Å². The number of aromatic nitrogens is 2. The lowest BCUT2D eigenvalue weighted by atomic mass is 10.3. The molecule has 21 heavy (non-hydrogen) atoms. The van der Waals surface area contributed by atoms with Crippen molar-refractivity contribution in [3.05, 3.63) is 40.1 Å². The molecule has 0 atom stereocenters. The Morgan fingerprint density at radius 1 is 1.29 bits per heavy atom. The lowest BCUT2D eigenvalue weighted by molar-refractivity contribution is -0.274. The first-order valence-corrected chi connectivity index (χ1v) is 6.71. The Morgan fingerprint density at radius 2 is 2.00 bits per heavy atom. The predicted molar refractivity (Wildman–Crippen MR) is 73.1 cm³/mol. The van der Waals surface area contributed by atoms with Crippen molar-refractivity contribution in [2.45, 2.75) is 19.9 Å². The molecule has 0 amide bonds. The molecular weight excluding hydrogens is 353 g/mol. The van der Waals surface area contributed by atoms with Gasteiger partial charge in [0, 0.05) is 7.05 Å². The molecule has 1 aromatic carbocycles. The van der Waals surface area contributed by atoms with Crippen LogP contribution in [0.3, 0.4) is 0 Å². The number of rotatable bonds is 4. The lowest BCUT2D eigenvalue weighted by Gasteiger charge is -2.12. The van der Waals surface area contributed by atoms with E-state index in [-0.39, 0.29) is 16.8 Å². The summed E-state index contributed by atoms with van der Waals surface area (Å²) in [6.45, 7) is 2.13. The van der Waals surface area contributed by atoms with Crippen LogP contribution in [0.25, 0.3) is 0 Å². The highest BCUT2D eigenvalue weighted by molar-refractivity contribution is 9.10. The van der Waals surface area contributed by atoms with Crippen molar-refractivity contribution >= 4 is 15.9 Å². The van der Waals surface area contributed by atoms with Gasteiger partial charge in [-0.3, -0.25) is 4.68 Å². The largest absolute Gasteiger partial charge is 0.573 e. The smallest absolute Gasteiger partial charge is 0.487 e. The molecule has 0 unspecified atom stereocenters. The first-order valence-electron chi connectivity index (χ1n) is 5.92. The normalized spacial score (nSPS) is 11.5. The molecule has 2 aromatic rings. The summed E-state index contributed by atoms with van der Waals surface area (Å²) in [5.74, 6) is 0.112. The summed E-state index contributed by atoms with van der Waals surface area (Å²) in [7, 11) is 1.79. The van der Waals surface area contributed by atoms with Crippen molar-refractivity contribution in [3.63, 3.8) is 0 Å². The lowest BCUT2D eigenvalue weighted by Crippen LogP contribution is -2.17. The zero-order chi connectivity index (χ0) is 15.6. The summed E-state index contributed by atoms with van der Waals surface area (Å²) < 4.78 is 47.7. The molecule has 0 N–H and O–H groups in total. The monoisotopic (exact) mass is 364 g/mol. The van der Waals surface area contributed by atoms with Crippen LogP contribution in [0.2, 0.25) is 0 Å². The van der Waals surface area contributed by atoms with Crippen LogP contribution in [0.4, 0.5) is 13.2 Å². The summed E-state index contributed by atoms with van der Waals surface area (Å²) in [6, 6.07) is 5.90. The van der Waals surface area contributed by atoms with Gasteiger partial charge in [-0.25, -0.2) is 0 Å². The van der Waals surface area contributed by atoms with Crippen molar-refractivity contribution < 1.29 is 22.6 Å². The minimum Gasteiger partial charge on any atom is -0.487 e. The molecule has 2 rings (SSSR count). The fourth-order valence-electron chi connectivity index (χ4n) is 1.74. The number of hydrogen-bond acceptors (Lipinski definition) is 3. The molecule has 0 spiro atoms. The summed E-state index contributed by atoms with van der Waals surface area (Å²) in [5.41, 5.74) is 1.73. The van der Waals surface area contributed by atoms with Gasteiger partial charge in [0.1, 0.15) is 18.1 Å². The highest BCUT2D eigenvalue weighted by atomic mass is 79.9. The maximum atomic E-state index is 12.2. The second-order valence-electron chi connectivity index (χ2n) is 4.33. The SMILES string of the molecule is Cc1cc(COc2ccc(OC(F)(F)F)c(Br)c2)n(C)n1. The van der Waals surface area contributed by atoms with Crippen molar-refractivity contribution in [1.82, 2.24) is 9.78 Å². The van der Waals surface area contributed by atoms with Gasteiger partial charge in [-0.1, -0.05) is 0 Å². The van der Waals surface area contributed by atoms with Crippen LogP contribution < -0.4 is 9.47 Å². The average Bonchev–Trinajstić information content (AvgIpc) is 2.67. The van der Waals surface area contributed by atoms with Gasteiger partial charge in [0.25, 0.3) is 0 Å². The topological polar surface area (TPSA) is 36.3 Å². The second-order valence-corrected chi connectivity index (χ2v) is 5.18. The molecule has 0 saturated carbocycles.